The van der Waals surface area contributed by atoms with E-state index >= 15 is 0 Å². The Balaban J connectivity index is 1.30. The van der Waals surface area contributed by atoms with Crippen LogP contribution in [0.2, 0.25) is 0 Å². The van der Waals surface area contributed by atoms with Crippen molar-refractivity contribution in [2.24, 2.45) is 7.05 Å². The fourth-order valence-electron chi connectivity index (χ4n) is 5.17. The zero-order chi connectivity index (χ0) is 27.1. The Kier molecular flexibility index (Phi) is 6.01. The van der Waals surface area contributed by atoms with Gasteiger partial charge < -0.3 is 9.67 Å². The third-order valence-electron chi connectivity index (χ3n) is 7.24. The fourth-order valence-corrected chi connectivity index (χ4v) is 5.17. The van der Waals surface area contributed by atoms with Gasteiger partial charge in [0.1, 0.15) is 17.6 Å². The number of imidazole rings is 2. The van der Waals surface area contributed by atoms with E-state index in [4.69, 9.17) is 5.11 Å². The van der Waals surface area contributed by atoms with Gasteiger partial charge in [0.15, 0.2) is 5.65 Å². The fraction of sp³-hybridized carbons (Fsp3) is 0.214. The number of carboxylic acids is 1. The Bertz CT molecular complexity index is 1790. The number of hydrogen-bond acceptors (Lipinski definition) is 7. The standard InChI is InChI=1S/C28H24N8O3/c1-33-22(13-29)15-32-25(33)17-34-12-10-21(16-34)36-26-24(3-2-11-30-26)35(28(36)39)20-8-9-23(31-14-20)18-4-6-19(7-5-18)27(37)38/h2-9,11,14-15,21H,10,12,16-17H2,1H3,(H,37,38)/t21-/m0/s1. The summed E-state index contributed by atoms with van der Waals surface area (Å²) in [6.45, 7) is 2.05. The minimum atomic E-state index is -0.982. The number of rotatable bonds is 6. The number of hydrogen-bond donors (Lipinski definition) is 1. The van der Waals surface area contributed by atoms with Crippen LogP contribution in [0.15, 0.2) is 71.9 Å². The molecule has 194 valence electrons. The molecular weight excluding hydrogens is 496 g/mol. The molecule has 11 nitrogen and oxygen atoms in total. The van der Waals surface area contributed by atoms with Crippen molar-refractivity contribution in [2.75, 3.05) is 13.1 Å². The molecule has 4 aromatic heterocycles. The third-order valence-corrected chi connectivity index (χ3v) is 7.24. The van der Waals surface area contributed by atoms with Gasteiger partial charge in [-0.25, -0.2) is 19.6 Å². The minimum absolute atomic E-state index is 0.0631. The molecule has 39 heavy (non-hydrogen) atoms. The van der Waals surface area contributed by atoms with Crippen molar-refractivity contribution in [1.82, 2.24) is 33.6 Å². The molecule has 1 aliphatic rings. The molecule has 1 aromatic carbocycles. The quantitative estimate of drug-likeness (QED) is 0.361. The lowest BCUT2D eigenvalue weighted by Crippen LogP contribution is -2.29. The smallest absolute Gasteiger partial charge is 0.335 e. The number of benzene rings is 1. The first-order valence-corrected chi connectivity index (χ1v) is 12.5. The maximum absolute atomic E-state index is 13.8. The molecule has 1 fully saturated rings. The highest BCUT2D eigenvalue weighted by Crippen LogP contribution is 2.27. The second-order valence-corrected chi connectivity index (χ2v) is 9.53. The van der Waals surface area contributed by atoms with Gasteiger partial charge in [-0.1, -0.05) is 12.1 Å². The summed E-state index contributed by atoms with van der Waals surface area (Å²) in [6.07, 6.45) is 5.70. The number of carboxylic acid groups (broad SMARTS) is 1. The minimum Gasteiger partial charge on any atom is -0.478 e. The van der Waals surface area contributed by atoms with Gasteiger partial charge >= 0.3 is 11.7 Å². The van der Waals surface area contributed by atoms with E-state index in [9.17, 15) is 14.9 Å². The highest BCUT2D eigenvalue weighted by Gasteiger charge is 2.29. The molecule has 0 saturated carbocycles. The monoisotopic (exact) mass is 520 g/mol. The van der Waals surface area contributed by atoms with Crippen LogP contribution in [0.1, 0.15) is 34.3 Å². The molecule has 1 saturated heterocycles. The molecule has 0 spiro atoms. The average molecular weight is 521 g/mol. The highest BCUT2D eigenvalue weighted by atomic mass is 16.4. The van der Waals surface area contributed by atoms with Gasteiger partial charge in [0, 0.05) is 31.9 Å². The van der Waals surface area contributed by atoms with Crippen LogP contribution in [0.5, 0.6) is 0 Å². The third kappa shape index (κ3) is 4.26. The summed E-state index contributed by atoms with van der Waals surface area (Å²) < 4.78 is 5.20. The zero-order valence-corrected chi connectivity index (χ0v) is 21.1. The number of pyridine rings is 2. The number of fused-ring (bicyclic) bond motifs is 1. The van der Waals surface area contributed by atoms with Crippen molar-refractivity contribution in [3.05, 3.63) is 94.7 Å². The summed E-state index contributed by atoms with van der Waals surface area (Å²) >= 11 is 0. The van der Waals surface area contributed by atoms with Gasteiger partial charge in [0.25, 0.3) is 0 Å². The van der Waals surface area contributed by atoms with E-state index in [1.807, 2.05) is 31.3 Å². The van der Waals surface area contributed by atoms with Crippen LogP contribution in [0.3, 0.4) is 0 Å². The molecular formula is C28H24N8O3. The second kappa shape index (κ2) is 9.66. The second-order valence-electron chi connectivity index (χ2n) is 9.53. The van der Waals surface area contributed by atoms with Gasteiger partial charge in [-0.15, -0.1) is 0 Å². The Labute approximate surface area is 222 Å². The van der Waals surface area contributed by atoms with E-state index in [1.54, 1.807) is 44.4 Å². The van der Waals surface area contributed by atoms with E-state index in [0.717, 1.165) is 24.4 Å². The summed E-state index contributed by atoms with van der Waals surface area (Å²) in [5.74, 6) is -0.173. The van der Waals surface area contributed by atoms with Crippen molar-refractivity contribution in [3.8, 4) is 23.0 Å². The van der Waals surface area contributed by atoms with E-state index in [-0.39, 0.29) is 17.3 Å². The average Bonchev–Trinajstić information content (AvgIpc) is 3.64. The van der Waals surface area contributed by atoms with Crippen molar-refractivity contribution in [1.29, 1.82) is 5.26 Å². The summed E-state index contributed by atoms with van der Waals surface area (Å²) in [5.41, 5.74) is 3.93. The zero-order valence-electron chi connectivity index (χ0n) is 21.1. The first-order chi connectivity index (χ1) is 18.9. The van der Waals surface area contributed by atoms with Gasteiger partial charge in [0.2, 0.25) is 0 Å². The molecule has 1 aliphatic heterocycles. The van der Waals surface area contributed by atoms with Crippen LogP contribution in [-0.2, 0) is 13.6 Å². The number of aromatic nitrogens is 6. The lowest BCUT2D eigenvalue weighted by Gasteiger charge is -2.16. The van der Waals surface area contributed by atoms with Crippen molar-refractivity contribution < 1.29 is 9.90 Å². The van der Waals surface area contributed by atoms with Crippen molar-refractivity contribution in [3.63, 3.8) is 0 Å². The Hall–Kier alpha value is -5.08. The number of nitriles is 1. The van der Waals surface area contributed by atoms with Crippen LogP contribution in [0, 0.1) is 11.3 Å². The molecule has 0 bridgehead atoms. The number of carbonyl (C=O) groups is 1. The summed E-state index contributed by atoms with van der Waals surface area (Å²) in [4.78, 5) is 40.7. The van der Waals surface area contributed by atoms with Gasteiger partial charge in [-0.3, -0.25) is 19.0 Å². The first-order valence-electron chi connectivity index (χ1n) is 12.5. The SMILES string of the molecule is Cn1c(C#N)cnc1CN1CC[C@H](n2c(=O)n(-c3ccc(-c4ccc(C(=O)O)cc4)nc3)c3cccnc32)C1. The van der Waals surface area contributed by atoms with Crippen LogP contribution >= 0.6 is 0 Å². The largest absolute Gasteiger partial charge is 0.478 e. The summed E-state index contributed by atoms with van der Waals surface area (Å²) in [7, 11) is 1.83. The first kappa shape index (κ1) is 24.3. The van der Waals surface area contributed by atoms with Gasteiger partial charge in [-0.2, -0.15) is 5.26 Å². The van der Waals surface area contributed by atoms with Crippen LogP contribution in [0.25, 0.3) is 28.1 Å². The predicted molar refractivity (Wildman–Crippen MR) is 142 cm³/mol. The van der Waals surface area contributed by atoms with Crippen LogP contribution < -0.4 is 5.69 Å². The van der Waals surface area contributed by atoms with E-state index in [2.05, 4.69) is 25.9 Å². The molecule has 0 aliphatic carbocycles. The molecule has 0 unspecified atom stereocenters. The van der Waals surface area contributed by atoms with E-state index in [1.165, 1.54) is 12.1 Å². The molecule has 1 atom stereocenters. The van der Waals surface area contributed by atoms with Crippen molar-refractivity contribution in [2.45, 2.75) is 19.0 Å². The lowest BCUT2D eigenvalue weighted by atomic mass is 10.1. The van der Waals surface area contributed by atoms with E-state index in [0.29, 0.717) is 41.3 Å². The Morgan fingerprint density at radius 1 is 1.10 bits per heavy atom. The number of nitrogens with zero attached hydrogens (tertiary/aromatic N) is 8. The molecule has 1 N–H and O–H groups in total. The Morgan fingerprint density at radius 3 is 2.62 bits per heavy atom. The molecule has 5 aromatic rings. The Morgan fingerprint density at radius 2 is 1.92 bits per heavy atom. The highest BCUT2D eigenvalue weighted by molar-refractivity contribution is 5.88. The number of likely N-dealkylation sites (tertiary alicyclic amines) is 1. The van der Waals surface area contributed by atoms with Gasteiger partial charge in [0.05, 0.1) is 47.4 Å². The van der Waals surface area contributed by atoms with Gasteiger partial charge in [-0.05, 0) is 42.8 Å². The normalized spacial score (nSPS) is 15.5. The predicted octanol–water partition coefficient (Wildman–Crippen LogP) is 3.00. The van der Waals surface area contributed by atoms with Crippen LogP contribution in [-0.4, -0.2) is 57.7 Å². The van der Waals surface area contributed by atoms with Crippen molar-refractivity contribution >= 4 is 17.1 Å². The topological polar surface area (TPSA) is 135 Å². The van der Waals surface area contributed by atoms with E-state index < -0.39 is 5.97 Å². The maximum Gasteiger partial charge on any atom is 0.335 e. The lowest BCUT2D eigenvalue weighted by molar-refractivity contribution is 0.0697. The molecule has 0 radical (unpaired) electrons. The summed E-state index contributed by atoms with van der Waals surface area (Å²) in [5, 5.41) is 18.3. The molecule has 0 amide bonds. The summed E-state index contributed by atoms with van der Waals surface area (Å²) in [6, 6.07) is 15.9. The molecule has 5 heterocycles. The maximum atomic E-state index is 13.8. The molecule has 11 heteroatoms. The van der Waals surface area contributed by atoms with Crippen LogP contribution in [0.4, 0.5) is 0 Å². The molecule has 6 rings (SSSR count). The number of aromatic carboxylic acids is 1.